The van der Waals surface area contributed by atoms with E-state index in [4.69, 9.17) is 5.84 Å². The highest BCUT2D eigenvalue weighted by Crippen LogP contribution is 2.45. The number of fused-ring (bicyclic) bond motifs is 1. The molecule has 1 aromatic carbocycles. The van der Waals surface area contributed by atoms with Gasteiger partial charge in [-0.3, -0.25) is 10.2 Å². The van der Waals surface area contributed by atoms with Crippen molar-refractivity contribution in [2.75, 3.05) is 4.90 Å². The number of carbonyl (C=O) groups is 1. The summed E-state index contributed by atoms with van der Waals surface area (Å²) in [4.78, 5) is 14.7. The van der Waals surface area contributed by atoms with Gasteiger partial charge in [-0.1, -0.05) is 32.9 Å². The highest BCUT2D eigenvalue weighted by molar-refractivity contribution is 5.86. The summed E-state index contributed by atoms with van der Waals surface area (Å²) in [6, 6.07) is 6.29. The fourth-order valence-corrected chi connectivity index (χ4v) is 3.89. The summed E-state index contributed by atoms with van der Waals surface area (Å²) in [5.41, 5.74) is 5.97. The topological polar surface area (TPSA) is 58.4 Å². The van der Waals surface area contributed by atoms with Gasteiger partial charge in [0.05, 0.1) is 0 Å². The van der Waals surface area contributed by atoms with Crippen molar-refractivity contribution in [2.45, 2.75) is 65.5 Å². The molecule has 2 atom stereocenters. The van der Waals surface area contributed by atoms with Gasteiger partial charge in [-0.2, -0.15) is 0 Å². The number of hydrogen-bond acceptors (Lipinski definition) is 3. The molecule has 0 spiro atoms. The minimum absolute atomic E-state index is 0.0956. The molecule has 4 nitrogen and oxygen atoms in total. The van der Waals surface area contributed by atoms with Crippen LogP contribution < -0.4 is 16.2 Å². The lowest BCUT2D eigenvalue weighted by Gasteiger charge is -2.51. The average molecular weight is 303 g/mol. The minimum atomic E-state index is -0.270. The molecule has 1 heterocycles. The SMILES string of the molecule is Cc1ccc2c(c1)N([C@H](C(=O)NN)C(C)C)C(C)(C)C[C@H]2C. The van der Waals surface area contributed by atoms with Crippen molar-refractivity contribution in [3.05, 3.63) is 29.3 Å². The van der Waals surface area contributed by atoms with Crippen LogP contribution in [0.2, 0.25) is 0 Å². The predicted molar refractivity (Wildman–Crippen MR) is 91.7 cm³/mol. The van der Waals surface area contributed by atoms with Crippen molar-refractivity contribution in [3.63, 3.8) is 0 Å². The van der Waals surface area contributed by atoms with Gasteiger partial charge in [0, 0.05) is 11.2 Å². The van der Waals surface area contributed by atoms with Crippen LogP contribution in [0.25, 0.3) is 0 Å². The lowest BCUT2D eigenvalue weighted by molar-refractivity contribution is -0.123. The van der Waals surface area contributed by atoms with Crippen molar-refractivity contribution in [1.29, 1.82) is 0 Å². The Bertz CT molecular complexity index is 565. The molecule has 2 rings (SSSR count). The third-order valence-corrected chi connectivity index (χ3v) is 4.75. The second-order valence-corrected chi connectivity index (χ2v) is 7.55. The maximum atomic E-state index is 12.4. The molecule has 1 aliphatic rings. The maximum Gasteiger partial charge on any atom is 0.256 e. The molecule has 0 bridgehead atoms. The summed E-state index contributed by atoms with van der Waals surface area (Å²) in [6.45, 7) is 12.9. The standard InChI is InChI=1S/C18H29N3O/c1-11(2)16(17(22)20-19)21-15-9-12(3)7-8-14(15)13(4)10-18(21,5)6/h7-9,11,13,16H,10,19H2,1-6H3,(H,20,22)/t13-,16+/m1/s1. The largest absolute Gasteiger partial charge is 0.354 e. The van der Waals surface area contributed by atoms with E-state index < -0.39 is 0 Å². The Morgan fingerprint density at radius 2 is 2.05 bits per heavy atom. The van der Waals surface area contributed by atoms with Gasteiger partial charge in [-0.05, 0) is 56.2 Å². The van der Waals surface area contributed by atoms with E-state index >= 15 is 0 Å². The minimum Gasteiger partial charge on any atom is -0.354 e. The molecule has 0 unspecified atom stereocenters. The quantitative estimate of drug-likeness (QED) is 0.512. The van der Waals surface area contributed by atoms with Gasteiger partial charge in [-0.15, -0.1) is 0 Å². The first-order valence-electron chi connectivity index (χ1n) is 8.09. The number of nitrogens with two attached hydrogens (primary N) is 1. The van der Waals surface area contributed by atoms with Crippen molar-refractivity contribution < 1.29 is 4.79 Å². The smallest absolute Gasteiger partial charge is 0.256 e. The normalized spacial score (nSPS) is 21.5. The Hall–Kier alpha value is -1.55. The van der Waals surface area contributed by atoms with E-state index in [1.807, 2.05) is 0 Å². The van der Waals surface area contributed by atoms with E-state index in [2.05, 4.69) is 70.1 Å². The van der Waals surface area contributed by atoms with Crippen LogP contribution in [-0.2, 0) is 4.79 Å². The molecule has 1 aliphatic heterocycles. The zero-order valence-electron chi connectivity index (χ0n) is 14.6. The Kier molecular flexibility index (Phi) is 4.52. The first-order valence-corrected chi connectivity index (χ1v) is 8.09. The molecule has 4 heteroatoms. The molecule has 3 N–H and O–H groups in total. The average Bonchev–Trinajstić information content (AvgIpc) is 2.41. The molecule has 0 saturated carbocycles. The van der Waals surface area contributed by atoms with Gasteiger partial charge in [0.15, 0.2) is 0 Å². The lowest BCUT2D eigenvalue weighted by atomic mass is 9.77. The number of hydrazine groups is 1. The van der Waals surface area contributed by atoms with E-state index in [1.54, 1.807) is 0 Å². The first kappa shape index (κ1) is 16.8. The van der Waals surface area contributed by atoms with Crippen molar-refractivity contribution in [3.8, 4) is 0 Å². The monoisotopic (exact) mass is 303 g/mol. The molecule has 1 amide bonds. The fraction of sp³-hybridized carbons (Fsp3) is 0.611. The molecular formula is C18H29N3O. The van der Waals surface area contributed by atoms with Gasteiger partial charge < -0.3 is 4.90 Å². The van der Waals surface area contributed by atoms with E-state index in [-0.39, 0.29) is 23.4 Å². The number of hydrogen-bond donors (Lipinski definition) is 2. The second kappa shape index (κ2) is 5.92. The van der Waals surface area contributed by atoms with Crippen molar-refractivity contribution in [2.24, 2.45) is 11.8 Å². The Balaban J connectivity index is 2.63. The molecule has 0 radical (unpaired) electrons. The first-order chi connectivity index (χ1) is 10.2. The highest BCUT2D eigenvalue weighted by Gasteiger charge is 2.43. The molecule has 1 aromatic rings. The van der Waals surface area contributed by atoms with E-state index in [9.17, 15) is 4.79 Å². The van der Waals surface area contributed by atoms with E-state index in [1.165, 1.54) is 16.8 Å². The third kappa shape index (κ3) is 2.84. The third-order valence-electron chi connectivity index (χ3n) is 4.75. The van der Waals surface area contributed by atoms with Crippen LogP contribution in [0.4, 0.5) is 5.69 Å². The molecule has 0 aliphatic carbocycles. The zero-order valence-corrected chi connectivity index (χ0v) is 14.6. The fourth-order valence-electron chi connectivity index (χ4n) is 3.89. The van der Waals surface area contributed by atoms with Crippen LogP contribution in [0.15, 0.2) is 18.2 Å². The number of amides is 1. The Labute approximate surface area is 134 Å². The van der Waals surface area contributed by atoms with Gasteiger partial charge in [0.2, 0.25) is 0 Å². The van der Waals surface area contributed by atoms with E-state index in [0.29, 0.717) is 5.92 Å². The van der Waals surface area contributed by atoms with Gasteiger partial charge in [0.1, 0.15) is 6.04 Å². The van der Waals surface area contributed by atoms with Crippen LogP contribution in [0.3, 0.4) is 0 Å². The molecule has 122 valence electrons. The van der Waals surface area contributed by atoms with Gasteiger partial charge in [-0.25, -0.2) is 5.84 Å². The summed E-state index contributed by atoms with van der Waals surface area (Å²) >= 11 is 0. The van der Waals surface area contributed by atoms with Crippen LogP contribution in [0.1, 0.15) is 58.1 Å². The molecule has 0 aromatic heterocycles. The maximum absolute atomic E-state index is 12.4. The van der Waals surface area contributed by atoms with Gasteiger partial charge >= 0.3 is 0 Å². The summed E-state index contributed by atoms with van der Waals surface area (Å²) < 4.78 is 0. The summed E-state index contributed by atoms with van der Waals surface area (Å²) in [7, 11) is 0. The number of nitrogens with one attached hydrogen (secondary N) is 1. The predicted octanol–water partition coefficient (Wildman–Crippen LogP) is 3.10. The lowest BCUT2D eigenvalue weighted by Crippen LogP contribution is -2.61. The van der Waals surface area contributed by atoms with Crippen molar-refractivity contribution in [1.82, 2.24) is 5.43 Å². The Morgan fingerprint density at radius 3 is 2.59 bits per heavy atom. The number of aryl methyl sites for hydroxylation is 1. The second-order valence-electron chi connectivity index (χ2n) is 7.55. The number of rotatable bonds is 3. The van der Waals surface area contributed by atoms with Gasteiger partial charge in [0.25, 0.3) is 5.91 Å². The number of carbonyl (C=O) groups excluding carboxylic acids is 1. The zero-order chi connectivity index (χ0) is 16.7. The van der Waals surface area contributed by atoms with E-state index in [0.717, 1.165) is 6.42 Å². The van der Waals surface area contributed by atoms with Crippen LogP contribution >= 0.6 is 0 Å². The number of anilines is 1. The number of benzene rings is 1. The van der Waals surface area contributed by atoms with Crippen LogP contribution in [0.5, 0.6) is 0 Å². The summed E-state index contributed by atoms with van der Waals surface area (Å²) in [5, 5.41) is 0. The van der Waals surface area contributed by atoms with Crippen LogP contribution in [0, 0.1) is 12.8 Å². The molecule has 0 saturated heterocycles. The molecule has 0 fully saturated rings. The Morgan fingerprint density at radius 1 is 1.41 bits per heavy atom. The molecule has 22 heavy (non-hydrogen) atoms. The summed E-state index contributed by atoms with van der Waals surface area (Å²) in [6.07, 6.45) is 1.02. The molecular weight excluding hydrogens is 274 g/mol. The van der Waals surface area contributed by atoms with Crippen LogP contribution in [-0.4, -0.2) is 17.5 Å². The highest BCUT2D eigenvalue weighted by atomic mass is 16.2. The summed E-state index contributed by atoms with van der Waals surface area (Å²) in [5.74, 6) is 5.99. The van der Waals surface area contributed by atoms with Crippen molar-refractivity contribution >= 4 is 11.6 Å². The number of nitrogens with zero attached hydrogens (tertiary/aromatic N) is 1.